The topological polar surface area (TPSA) is 55.4 Å². The first-order valence-electron chi connectivity index (χ1n) is 8.59. The van der Waals surface area contributed by atoms with Gasteiger partial charge >= 0.3 is 0 Å². The van der Waals surface area contributed by atoms with Crippen LogP contribution in [0.4, 0.5) is 5.69 Å². The molecule has 1 N–H and O–H groups in total. The van der Waals surface area contributed by atoms with Crippen molar-refractivity contribution < 1.29 is 14.3 Å². The summed E-state index contributed by atoms with van der Waals surface area (Å²) in [5, 5.41) is 2.78. The Morgan fingerprint density at radius 1 is 0.929 bits per heavy atom. The van der Waals surface area contributed by atoms with E-state index in [0.717, 1.165) is 10.0 Å². The molecule has 0 fully saturated rings. The van der Waals surface area contributed by atoms with Crippen LogP contribution in [0.15, 0.2) is 83.3 Å². The molecule has 4 nitrogen and oxygen atoms in total. The van der Waals surface area contributed by atoms with E-state index in [1.165, 1.54) is 6.08 Å². The average Bonchev–Trinajstić information content (AvgIpc) is 2.72. The molecule has 0 bridgehead atoms. The van der Waals surface area contributed by atoms with Gasteiger partial charge in [-0.05, 0) is 36.4 Å². The van der Waals surface area contributed by atoms with Crippen molar-refractivity contribution in [3.63, 3.8) is 0 Å². The second-order valence-corrected chi connectivity index (χ2v) is 6.90. The van der Waals surface area contributed by atoms with Gasteiger partial charge in [-0.1, -0.05) is 58.4 Å². The van der Waals surface area contributed by atoms with Crippen molar-refractivity contribution in [1.82, 2.24) is 0 Å². The van der Waals surface area contributed by atoms with Crippen molar-refractivity contribution in [2.75, 3.05) is 12.4 Å². The van der Waals surface area contributed by atoms with E-state index >= 15 is 0 Å². The van der Waals surface area contributed by atoms with E-state index in [-0.39, 0.29) is 11.7 Å². The molecule has 0 spiro atoms. The predicted molar refractivity (Wildman–Crippen MR) is 115 cm³/mol. The monoisotopic (exact) mass is 435 g/mol. The second kappa shape index (κ2) is 9.15. The molecule has 3 aromatic rings. The first kappa shape index (κ1) is 19.6. The maximum absolute atomic E-state index is 12.6. The maximum atomic E-state index is 12.6. The van der Waals surface area contributed by atoms with Gasteiger partial charge in [-0.2, -0.15) is 0 Å². The van der Waals surface area contributed by atoms with Crippen LogP contribution in [0, 0.1) is 0 Å². The number of hydrogen-bond donors (Lipinski definition) is 1. The van der Waals surface area contributed by atoms with Crippen LogP contribution in [-0.4, -0.2) is 18.8 Å². The molecule has 0 unspecified atom stereocenters. The van der Waals surface area contributed by atoms with Gasteiger partial charge in [0, 0.05) is 32.9 Å². The zero-order chi connectivity index (χ0) is 19.9. The van der Waals surface area contributed by atoms with Gasteiger partial charge in [0.05, 0.1) is 7.11 Å². The van der Waals surface area contributed by atoms with Crippen molar-refractivity contribution in [2.24, 2.45) is 0 Å². The van der Waals surface area contributed by atoms with Crippen molar-refractivity contribution in [3.8, 4) is 5.75 Å². The fraction of sp³-hybridized carbons (Fsp3) is 0.0435. The Hall–Kier alpha value is -3.18. The van der Waals surface area contributed by atoms with Crippen molar-refractivity contribution in [1.29, 1.82) is 0 Å². The summed E-state index contributed by atoms with van der Waals surface area (Å²) in [6, 6.07) is 21.5. The lowest BCUT2D eigenvalue weighted by molar-refractivity contribution is -0.111. The first-order chi connectivity index (χ1) is 13.6. The number of rotatable bonds is 6. The number of anilines is 1. The highest BCUT2D eigenvalue weighted by atomic mass is 79.9. The number of nitrogens with one attached hydrogen (secondary N) is 1. The van der Waals surface area contributed by atoms with Crippen molar-refractivity contribution >= 4 is 39.4 Å². The fourth-order valence-electron chi connectivity index (χ4n) is 2.68. The van der Waals surface area contributed by atoms with E-state index < -0.39 is 0 Å². The van der Waals surface area contributed by atoms with Gasteiger partial charge in [0.2, 0.25) is 5.91 Å². The molecule has 0 saturated carbocycles. The van der Waals surface area contributed by atoms with Crippen molar-refractivity contribution in [2.45, 2.75) is 0 Å². The molecule has 0 atom stereocenters. The number of hydrogen-bond acceptors (Lipinski definition) is 3. The zero-order valence-corrected chi connectivity index (χ0v) is 16.8. The van der Waals surface area contributed by atoms with Crippen LogP contribution in [0.2, 0.25) is 0 Å². The summed E-state index contributed by atoms with van der Waals surface area (Å²) in [6.07, 6.45) is 3.11. The molecule has 1 amide bonds. The minimum absolute atomic E-state index is 0.0916. The highest BCUT2D eigenvalue weighted by Crippen LogP contribution is 2.24. The minimum Gasteiger partial charge on any atom is -0.496 e. The van der Waals surface area contributed by atoms with E-state index in [0.29, 0.717) is 22.6 Å². The van der Waals surface area contributed by atoms with Crippen LogP contribution in [-0.2, 0) is 4.79 Å². The molecular formula is C23H18BrNO3. The van der Waals surface area contributed by atoms with Gasteiger partial charge in [-0.3, -0.25) is 9.59 Å². The van der Waals surface area contributed by atoms with Crippen LogP contribution >= 0.6 is 15.9 Å². The number of benzene rings is 3. The minimum atomic E-state index is -0.300. The maximum Gasteiger partial charge on any atom is 0.248 e. The van der Waals surface area contributed by atoms with Crippen LogP contribution < -0.4 is 10.1 Å². The smallest absolute Gasteiger partial charge is 0.248 e. The predicted octanol–water partition coefficient (Wildman–Crippen LogP) is 5.34. The third-order valence-corrected chi connectivity index (χ3v) is 4.53. The summed E-state index contributed by atoms with van der Waals surface area (Å²) in [5.41, 5.74) is 2.45. The molecular weight excluding hydrogens is 418 g/mol. The Kier molecular flexibility index (Phi) is 6.40. The third-order valence-electron chi connectivity index (χ3n) is 4.03. The summed E-state index contributed by atoms with van der Waals surface area (Å²) in [5.74, 6) is 0.278. The van der Waals surface area contributed by atoms with E-state index in [2.05, 4.69) is 21.2 Å². The van der Waals surface area contributed by atoms with Crippen LogP contribution in [0.3, 0.4) is 0 Å². The number of halogens is 1. The Morgan fingerprint density at radius 2 is 1.68 bits per heavy atom. The first-order valence-corrected chi connectivity index (χ1v) is 9.38. The Labute approximate surface area is 172 Å². The summed E-state index contributed by atoms with van der Waals surface area (Å²) in [7, 11) is 1.58. The summed E-state index contributed by atoms with van der Waals surface area (Å²) in [6.45, 7) is 0. The van der Waals surface area contributed by atoms with Gasteiger partial charge in [0.15, 0.2) is 5.78 Å². The standard InChI is InChI=1S/C23H18BrNO3/c1-28-21-12-11-19(24)14-17(21)10-13-22(26)25-20-9-5-8-18(15-20)23(27)16-6-3-2-4-7-16/h2-15H,1H3,(H,25,26)/b13-10+. The SMILES string of the molecule is COc1ccc(Br)cc1/C=C/C(=O)Nc1cccc(C(=O)c2ccccc2)c1. The summed E-state index contributed by atoms with van der Waals surface area (Å²) >= 11 is 3.41. The third kappa shape index (κ3) is 4.96. The molecule has 0 saturated heterocycles. The zero-order valence-electron chi connectivity index (χ0n) is 15.2. The number of carbonyl (C=O) groups is 2. The quantitative estimate of drug-likeness (QED) is 0.419. The van der Waals surface area contributed by atoms with Crippen molar-refractivity contribution in [3.05, 3.63) is 100 Å². The Bertz CT molecular complexity index is 1030. The number of ether oxygens (including phenoxy) is 1. The molecule has 0 aromatic heterocycles. The highest BCUT2D eigenvalue weighted by Gasteiger charge is 2.09. The molecule has 0 radical (unpaired) electrons. The molecule has 3 rings (SSSR count). The average molecular weight is 436 g/mol. The number of carbonyl (C=O) groups excluding carboxylic acids is 2. The summed E-state index contributed by atoms with van der Waals surface area (Å²) < 4.78 is 6.18. The highest BCUT2D eigenvalue weighted by molar-refractivity contribution is 9.10. The molecule has 3 aromatic carbocycles. The lowest BCUT2D eigenvalue weighted by atomic mass is 10.0. The Morgan fingerprint density at radius 3 is 2.43 bits per heavy atom. The Balaban J connectivity index is 1.73. The molecule has 0 aliphatic carbocycles. The van der Waals surface area contributed by atoms with Gasteiger partial charge < -0.3 is 10.1 Å². The van der Waals surface area contributed by atoms with Crippen LogP contribution in [0.5, 0.6) is 5.75 Å². The largest absolute Gasteiger partial charge is 0.496 e. The van der Waals surface area contributed by atoms with Crippen LogP contribution in [0.1, 0.15) is 21.5 Å². The second-order valence-electron chi connectivity index (χ2n) is 5.98. The van der Waals surface area contributed by atoms with Gasteiger partial charge in [0.25, 0.3) is 0 Å². The van der Waals surface area contributed by atoms with E-state index in [1.807, 2.05) is 36.4 Å². The molecule has 5 heteroatoms. The lowest BCUT2D eigenvalue weighted by Crippen LogP contribution is -2.09. The number of ketones is 1. The molecule has 0 aliphatic heterocycles. The molecule has 28 heavy (non-hydrogen) atoms. The van der Waals surface area contributed by atoms with Gasteiger partial charge in [-0.15, -0.1) is 0 Å². The van der Waals surface area contributed by atoms with Gasteiger partial charge in [-0.25, -0.2) is 0 Å². The van der Waals surface area contributed by atoms with E-state index in [4.69, 9.17) is 4.74 Å². The van der Waals surface area contributed by atoms with Crippen LogP contribution in [0.25, 0.3) is 6.08 Å². The molecule has 0 aliphatic rings. The van der Waals surface area contributed by atoms with Gasteiger partial charge in [0.1, 0.15) is 5.75 Å². The lowest BCUT2D eigenvalue weighted by Gasteiger charge is -2.07. The number of methoxy groups -OCH3 is 1. The number of amides is 1. The fourth-order valence-corrected chi connectivity index (χ4v) is 3.06. The van der Waals surface area contributed by atoms with E-state index in [1.54, 1.807) is 49.6 Å². The molecule has 0 heterocycles. The summed E-state index contributed by atoms with van der Waals surface area (Å²) in [4.78, 5) is 24.8. The van der Waals surface area contributed by atoms with E-state index in [9.17, 15) is 9.59 Å². The normalized spacial score (nSPS) is 10.6. The molecule has 140 valence electrons.